The third kappa shape index (κ3) is 3.03. The number of morpholine rings is 1. The number of likely N-dealkylation sites (N-methyl/N-ethyl adjacent to an activating group) is 1. The molecule has 6 nitrogen and oxygen atoms in total. The quantitative estimate of drug-likeness (QED) is 0.549. The van der Waals surface area contributed by atoms with E-state index in [-0.39, 0.29) is 11.5 Å². The van der Waals surface area contributed by atoms with Crippen LogP contribution in [0.2, 0.25) is 0 Å². The second-order valence-corrected chi connectivity index (χ2v) is 4.85. The Hall–Kier alpha value is -2.39. The van der Waals surface area contributed by atoms with E-state index in [4.69, 9.17) is 10.00 Å². The van der Waals surface area contributed by atoms with E-state index in [9.17, 15) is 9.59 Å². The lowest BCUT2D eigenvalue weighted by atomic mass is 9.95. The molecule has 1 fully saturated rings. The molecule has 0 aromatic rings. The van der Waals surface area contributed by atoms with E-state index < -0.39 is 5.91 Å². The fourth-order valence-corrected chi connectivity index (χ4v) is 2.21. The van der Waals surface area contributed by atoms with Gasteiger partial charge in [-0.15, -0.1) is 0 Å². The van der Waals surface area contributed by atoms with Gasteiger partial charge in [-0.3, -0.25) is 14.5 Å². The smallest absolute Gasteiger partial charge is 0.271 e. The van der Waals surface area contributed by atoms with E-state index in [1.165, 1.54) is 7.05 Å². The van der Waals surface area contributed by atoms with Crippen molar-refractivity contribution in [2.75, 3.05) is 33.4 Å². The van der Waals surface area contributed by atoms with Crippen LogP contribution in [0.5, 0.6) is 0 Å². The predicted octanol–water partition coefficient (Wildman–Crippen LogP) is 0.597. The number of carbonyl (C=O) groups is 2. The third-order valence-corrected chi connectivity index (χ3v) is 3.55. The lowest BCUT2D eigenvalue weighted by Gasteiger charge is -2.25. The Labute approximate surface area is 123 Å². The second-order valence-electron chi connectivity index (χ2n) is 4.85. The summed E-state index contributed by atoms with van der Waals surface area (Å²) in [6.45, 7) is 4.62. The van der Waals surface area contributed by atoms with Gasteiger partial charge in [0.2, 0.25) is 0 Å². The lowest BCUT2D eigenvalue weighted by molar-refractivity contribution is -0.138. The molecule has 2 amide bonds. The number of hydrogen-bond acceptors (Lipinski definition) is 5. The molecule has 110 valence electrons. The maximum Gasteiger partial charge on any atom is 0.271 e. The normalized spacial score (nSPS) is 22.4. The van der Waals surface area contributed by atoms with Gasteiger partial charge >= 0.3 is 0 Å². The van der Waals surface area contributed by atoms with Gasteiger partial charge < -0.3 is 9.64 Å². The summed E-state index contributed by atoms with van der Waals surface area (Å²) >= 11 is 0. The van der Waals surface area contributed by atoms with Crippen LogP contribution in [0.15, 0.2) is 35.1 Å². The summed E-state index contributed by atoms with van der Waals surface area (Å²) in [6, 6.07) is 1.87. The molecular formula is C15H17N3O3. The summed E-state index contributed by atoms with van der Waals surface area (Å²) < 4.78 is 5.25. The first kappa shape index (κ1) is 15.0. The molecule has 2 heterocycles. The second kappa shape index (κ2) is 6.37. The zero-order chi connectivity index (χ0) is 15.4. The first-order chi connectivity index (χ1) is 10.1. The molecule has 2 aliphatic heterocycles. The summed E-state index contributed by atoms with van der Waals surface area (Å²) in [4.78, 5) is 27.0. The van der Waals surface area contributed by atoms with Crippen molar-refractivity contribution in [1.29, 1.82) is 5.26 Å². The summed E-state index contributed by atoms with van der Waals surface area (Å²) in [7, 11) is 1.38. The molecular weight excluding hydrogens is 270 g/mol. The van der Waals surface area contributed by atoms with Crippen LogP contribution in [0.1, 0.15) is 6.92 Å². The van der Waals surface area contributed by atoms with Crippen LogP contribution in [0, 0.1) is 11.3 Å². The minimum absolute atomic E-state index is 0.0168. The molecule has 0 N–H and O–H groups in total. The van der Waals surface area contributed by atoms with Crippen molar-refractivity contribution in [2.24, 2.45) is 0 Å². The summed E-state index contributed by atoms with van der Waals surface area (Å²) in [5, 5.41) is 9.05. The number of ether oxygens (including phenoxy) is 1. The Kier molecular flexibility index (Phi) is 4.55. The average Bonchev–Trinajstić information content (AvgIpc) is 2.50. The van der Waals surface area contributed by atoms with Crippen molar-refractivity contribution in [3.05, 3.63) is 35.1 Å². The van der Waals surface area contributed by atoms with Crippen molar-refractivity contribution in [3.8, 4) is 6.07 Å². The Morgan fingerprint density at radius 1 is 1.24 bits per heavy atom. The SMILES string of the molecule is CC1=C(C#N)C(=O)N(C)C(=O)/C1=C/C=C/N1CCOCC1. The van der Waals surface area contributed by atoms with Crippen LogP contribution < -0.4 is 0 Å². The number of hydrogen-bond donors (Lipinski definition) is 0. The maximum absolute atomic E-state index is 12.1. The van der Waals surface area contributed by atoms with E-state index in [1.807, 2.05) is 12.3 Å². The molecule has 0 saturated carbocycles. The summed E-state index contributed by atoms with van der Waals surface area (Å²) in [5.74, 6) is -0.933. The molecule has 0 bridgehead atoms. The van der Waals surface area contributed by atoms with Crippen molar-refractivity contribution < 1.29 is 14.3 Å². The van der Waals surface area contributed by atoms with E-state index in [2.05, 4.69) is 4.90 Å². The number of rotatable bonds is 2. The molecule has 0 spiro atoms. The monoisotopic (exact) mass is 287 g/mol. The predicted molar refractivity (Wildman–Crippen MR) is 75.7 cm³/mol. The van der Waals surface area contributed by atoms with E-state index >= 15 is 0 Å². The van der Waals surface area contributed by atoms with E-state index in [0.717, 1.165) is 18.0 Å². The molecule has 0 aliphatic carbocycles. The topological polar surface area (TPSA) is 73.6 Å². The molecule has 2 rings (SSSR count). The lowest BCUT2D eigenvalue weighted by Crippen LogP contribution is -2.39. The Balaban J connectivity index is 2.24. The van der Waals surface area contributed by atoms with Gasteiger partial charge in [0.25, 0.3) is 11.8 Å². The minimum Gasteiger partial charge on any atom is -0.378 e. The molecule has 6 heteroatoms. The van der Waals surface area contributed by atoms with Crippen LogP contribution in [0.4, 0.5) is 0 Å². The van der Waals surface area contributed by atoms with Crippen LogP contribution >= 0.6 is 0 Å². The Morgan fingerprint density at radius 3 is 2.52 bits per heavy atom. The van der Waals surface area contributed by atoms with Crippen molar-refractivity contribution in [2.45, 2.75) is 6.92 Å². The highest BCUT2D eigenvalue weighted by atomic mass is 16.5. The molecule has 0 unspecified atom stereocenters. The number of nitrogens with zero attached hydrogens (tertiary/aromatic N) is 3. The third-order valence-electron chi connectivity index (χ3n) is 3.55. The van der Waals surface area contributed by atoms with Crippen LogP contribution in [0.25, 0.3) is 0 Å². The highest BCUT2D eigenvalue weighted by Gasteiger charge is 2.32. The van der Waals surface area contributed by atoms with Crippen molar-refractivity contribution in [1.82, 2.24) is 9.80 Å². The molecule has 21 heavy (non-hydrogen) atoms. The molecule has 0 aromatic carbocycles. The van der Waals surface area contributed by atoms with Crippen LogP contribution in [-0.4, -0.2) is 55.0 Å². The van der Waals surface area contributed by atoms with Gasteiger partial charge in [0.15, 0.2) is 0 Å². The summed E-state index contributed by atoms with van der Waals surface area (Å²) in [5.41, 5.74) is 0.818. The van der Waals surface area contributed by atoms with Crippen molar-refractivity contribution >= 4 is 11.8 Å². The number of carbonyl (C=O) groups excluding carboxylic acids is 2. The zero-order valence-corrected chi connectivity index (χ0v) is 12.1. The Morgan fingerprint density at radius 2 is 1.90 bits per heavy atom. The highest BCUT2D eigenvalue weighted by Crippen LogP contribution is 2.23. The van der Waals surface area contributed by atoms with E-state index in [0.29, 0.717) is 24.4 Å². The molecule has 1 saturated heterocycles. The molecule has 0 atom stereocenters. The maximum atomic E-state index is 12.1. The molecule has 0 radical (unpaired) electrons. The van der Waals surface area contributed by atoms with Gasteiger partial charge in [-0.25, -0.2) is 0 Å². The molecule has 0 aromatic heterocycles. The standard InChI is InChI=1S/C15H17N3O3/c1-11-12(4-3-5-18-6-8-21-9-7-18)14(19)17(2)15(20)13(11)10-16/h3-5H,6-9H2,1-2H3/b5-3+,12-4+. The Bertz CT molecular complexity index is 590. The van der Waals surface area contributed by atoms with Gasteiger partial charge in [0, 0.05) is 25.7 Å². The van der Waals surface area contributed by atoms with Gasteiger partial charge in [0.05, 0.1) is 13.2 Å². The van der Waals surface area contributed by atoms with Crippen LogP contribution in [-0.2, 0) is 14.3 Å². The zero-order valence-electron chi connectivity index (χ0n) is 12.1. The van der Waals surface area contributed by atoms with Gasteiger partial charge in [-0.1, -0.05) is 0 Å². The van der Waals surface area contributed by atoms with Gasteiger partial charge in [-0.05, 0) is 30.8 Å². The first-order valence-corrected chi connectivity index (χ1v) is 6.70. The largest absolute Gasteiger partial charge is 0.378 e. The number of nitriles is 1. The minimum atomic E-state index is -0.547. The number of amides is 2. The molecule has 2 aliphatic rings. The first-order valence-electron chi connectivity index (χ1n) is 6.70. The van der Waals surface area contributed by atoms with Crippen LogP contribution in [0.3, 0.4) is 0 Å². The number of allylic oxidation sites excluding steroid dienone is 2. The average molecular weight is 287 g/mol. The fraction of sp³-hybridized carbons (Fsp3) is 0.400. The highest BCUT2D eigenvalue weighted by molar-refractivity contribution is 6.17. The fourth-order valence-electron chi connectivity index (χ4n) is 2.21. The number of imide groups is 1. The van der Waals surface area contributed by atoms with Crippen molar-refractivity contribution in [3.63, 3.8) is 0 Å². The van der Waals surface area contributed by atoms with E-state index in [1.54, 1.807) is 19.1 Å². The van der Waals surface area contributed by atoms with Gasteiger partial charge in [-0.2, -0.15) is 5.26 Å². The van der Waals surface area contributed by atoms with Gasteiger partial charge in [0.1, 0.15) is 11.6 Å². The summed E-state index contributed by atoms with van der Waals surface area (Å²) in [6.07, 6.45) is 5.30.